The Morgan fingerprint density at radius 2 is 2.27 bits per heavy atom. The highest BCUT2D eigenvalue weighted by Crippen LogP contribution is 2.27. The van der Waals surface area contributed by atoms with Crippen LogP contribution in [-0.4, -0.2) is 15.6 Å². The first-order valence-corrected chi connectivity index (χ1v) is 5.79. The van der Waals surface area contributed by atoms with Gasteiger partial charge in [0, 0.05) is 28.2 Å². The number of aromatic nitrogens is 2. The number of imidazole rings is 1. The van der Waals surface area contributed by atoms with Crippen LogP contribution in [0.5, 0.6) is 0 Å². The van der Waals surface area contributed by atoms with E-state index in [9.17, 15) is 0 Å². The molecule has 0 saturated heterocycles. The molecule has 0 aromatic carbocycles. The molecular formula is C11H15N3S. The average Bonchev–Trinajstić information content (AvgIpc) is 2.77. The second-order valence-corrected chi connectivity index (χ2v) is 5.08. The predicted molar refractivity (Wildman–Crippen MR) is 63.1 cm³/mol. The molecule has 0 saturated carbocycles. The lowest BCUT2D eigenvalue weighted by molar-refractivity contribution is 0.503. The molecule has 3 nitrogen and oxygen atoms in total. The lowest BCUT2D eigenvalue weighted by Crippen LogP contribution is -2.28. The average molecular weight is 221 g/mol. The van der Waals surface area contributed by atoms with Crippen molar-refractivity contribution in [2.75, 3.05) is 0 Å². The van der Waals surface area contributed by atoms with E-state index in [1.54, 1.807) is 17.5 Å². The van der Waals surface area contributed by atoms with Crippen LogP contribution in [-0.2, 0) is 0 Å². The van der Waals surface area contributed by atoms with Crippen LogP contribution in [0.2, 0.25) is 0 Å². The van der Waals surface area contributed by atoms with Gasteiger partial charge in [0.25, 0.3) is 0 Å². The molecule has 2 aromatic rings. The Morgan fingerprint density at radius 1 is 1.47 bits per heavy atom. The molecule has 2 unspecified atom stereocenters. The minimum absolute atomic E-state index is 0.0808. The molecule has 2 rings (SSSR count). The highest BCUT2D eigenvalue weighted by Gasteiger charge is 2.18. The van der Waals surface area contributed by atoms with E-state index in [4.69, 9.17) is 5.73 Å². The summed E-state index contributed by atoms with van der Waals surface area (Å²) in [6.45, 7) is 4.14. The molecule has 80 valence electrons. The molecule has 15 heavy (non-hydrogen) atoms. The predicted octanol–water partition coefficient (Wildman–Crippen LogP) is 2.19. The summed E-state index contributed by atoms with van der Waals surface area (Å²) in [5.74, 6) is 0. The van der Waals surface area contributed by atoms with E-state index >= 15 is 0 Å². The minimum Gasteiger partial charge on any atom is -0.328 e. The van der Waals surface area contributed by atoms with Crippen LogP contribution in [0.25, 0.3) is 0 Å². The first-order valence-electron chi connectivity index (χ1n) is 4.98. The first-order chi connectivity index (χ1) is 7.18. The van der Waals surface area contributed by atoms with Crippen molar-refractivity contribution in [3.63, 3.8) is 0 Å². The molecule has 0 aliphatic heterocycles. The molecule has 0 aliphatic rings. The van der Waals surface area contributed by atoms with Crippen LogP contribution >= 0.6 is 11.3 Å². The van der Waals surface area contributed by atoms with Crippen molar-refractivity contribution in [3.05, 3.63) is 40.6 Å². The standard InChI is InChI=1S/C11H15N3S/c1-8-3-4-10(15-8)11(9(2)12)14-6-5-13-7-14/h3-7,9,11H,12H2,1-2H3. The maximum Gasteiger partial charge on any atom is 0.0952 e. The fourth-order valence-electron chi connectivity index (χ4n) is 1.72. The Kier molecular flexibility index (Phi) is 2.88. The second kappa shape index (κ2) is 4.16. The molecular weight excluding hydrogens is 206 g/mol. The topological polar surface area (TPSA) is 43.8 Å². The van der Waals surface area contributed by atoms with Gasteiger partial charge < -0.3 is 10.3 Å². The van der Waals surface area contributed by atoms with E-state index in [-0.39, 0.29) is 12.1 Å². The molecule has 0 amide bonds. The number of hydrogen-bond donors (Lipinski definition) is 1. The van der Waals surface area contributed by atoms with Gasteiger partial charge in [-0.3, -0.25) is 0 Å². The molecule has 0 radical (unpaired) electrons. The normalized spacial score (nSPS) is 15.1. The van der Waals surface area contributed by atoms with Gasteiger partial charge >= 0.3 is 0 Å². The number of rotatable bonds is 3. The second-order valence-electron chi connectivity index (χ2n) is 3.76. The van der Waals surface area contributed by atoms with Crippen LogP contribution in [0.1, 0.15) is 22.7 Å². The molecule has 2 heterocycles. The van der Waals surface area contributed by atoms with Gasteiger partial charge in [-0.05, 0) is 26.0 Å². The van der Waals surface area contributed by atoms with Crippen LogP contribution in [0, 0.1) is 6.92 Å². The van der Waals surface area contributed by atoms with Crippen molar-refractivity contribution in [1.29, 1.82) is 0 Å². The molecule has 0 fully saturated rings. The Morgan fingerprint density at radius 3 is 2.73 bits per heavy atom. The molecule has 0 aliphatic carbocycles. The van der Waals surface area contributed by atoms with Gasteiger partial charge in [-0.1, -0.05) is 0 Å². The number of nitrogens with zero attached hydrogens (tertiary/aromatic N) is 2. The molecule has 0 spiro atoms. The van der Waals surface area contributed by atoms with Crippen LogP contribution in [0.3, 0.4) is 0 Å². The Balaban J connectivity index is 2.36. The van der Waals surface area contributed by atoms with Crippen LogP contribution in [0.15, 0.2) is 30.9 Å². The van der Waals surface area contributed by atoms with Gasteiger partial charge in [-0.2, -0.15) is 0 Å². The van der Waals surface area contributed by atoms with Crippen molar-refractivity contribution in [1.82, 2.24) is 9.55 Å². The van der Waals surface area contributed by atoms with Gasteiger partial charge in [0.1, 0.15) is 0 Å². The van der Waals surface area contributed by atoms with Gasteiger partial charge in [-0.15, -0.1) is 11.3 Å². The SMILES string of the molecule is Cc1ccc(C(C(C)N)n2ccnc2)s1. The van der Waals surface area contributed by atoms with Gasteiger partial charge in [0.2, 0.25) is 0 Å². The summed E-state index contributed by atoms with van der Waals surface area (Å²) in [7, 11) is 0. The fourth-order valence-corrected chi connectivity index (χ4v) is 2.82. The molecule has 2 atom stereocenters. The zero-order valence-electron chi connectivity index (χ0n) is 8.92. The summed E-state index contributed by atoms with van der Waals surface area (Å²) in [4.78, 5) is 6.68. The van der Waals surface area contributed by atoms with Crippen molar-refractivity contribution >= 4 is 11.3 Å². The largest absolute Gasteiger partial charge is 0.328 e. The Labute approximate surface area is 93.6 Å². The summed E-state index contributed by atoms with van der Waals surface area (Å²) in [5.41, 5.74) is 6.03. The third-order valence-corrected chi connectivity index (χ3v) is 3.47. The molecule has 2 N–H and O–H groups in total. The summed E-state index contributed by atoms with van der Waals surface area (Å²) in [6.07, 6.45) is 5.57. The first kappa shape index (κ1) is 10.4. The summed E-state index contributed by atoms with van der Waals surface area (Å²) in [5, 5.41) is 0. The van der Waals surface area contributed by atoms with Gasteiger partial charge in [-0.25, -0.2) is 4.98 Å². The van der Waals surface area contributed by atoms with E-state index in [0.717, 1.165) is 0 Å². The zero-order valence-corrected chi connectivity index (χ0v) is 9.74. The highest BCUT2D eigenvalue weighted by atomic mass is 32.1. The third-order valence-electron chi connectivity index (χ3n) is 2.40. The van der Waals surface area contributed by atoms with Crippen molar-refractivity contribution in [3.8, 4) is 0 Å². The number of hydrogen-bond acceptors (Lipinski definition) is 3. The van der Waals surface area contributed by atoms with E-state index in [0.29, 0.717) is 0 Å². The lowest BCUT2D eigenvalue weighted by Gasteiger charge is -2.20. The highest BCUT2D eigenvalue weighted by molar-refractivity contribution is 7.12. The van der Waals surface area contributed by atoms with Crippen LogP contribution in [0.4, 0.5) is 0 Å². The minimum atomic E-state index is 0.0808. The Bertz CT molecular complexity index is 417. The van der Waals surface area contributed by atoms with E-state index in [2.05, 4.69) is 28.6 Å². The zero-order chi connectivity index (χ0) is 10.8. The quantitative estimate of drug-likeness (QED) is 0.863. The number of aryl methyl sites for hydroxylation is 1. The third kappa shape index (κ3) is 2.11. The van der Waals surface area contributed by atoms with Gasteiger partial charge in [0.05, 0.1) is 12.4 Å². The van der Waals surface area contributed by atoms with E-state index in [1.807, 2.05) is 19.4 Å². The maximum absolute atomic E-state index is 6.03. The number of thiophene rings is 1. The van der Waals surface area contributed by atoms with E-state index in [1.165, 1.54) is 9.75 Å². The smallest absolute Gasteiger partial charge is 0.0952 e. The summed E-state index contributed by atoms with van der Waals surface area (Å²) < 4.78 is 2.07. The van der Waals surface area contributed by atoms with Crippen molar-refractivity contribution in [2.24, 2.45) is 5.73 Å². The maximum atomic E-state index is 6.03. The molecule has 4 heteroatoms. The molecule has 0 bridgehead atoms. The lowest BCUT2D eigenvalue weighted by atomic mass is 10.1. The number of nitrogens with two attached hydrogens (primary N) is 1. The summed E-state index contributed by atoms with van der Waals surface area (Å²) >= 11 is 1.79. The van der Waals surface area contributed by atoms with Crippen molar-refractivity contribution in [2.45, 2.75) is 25.9 Å². The van der Waals surface area contributed by atoms with Gasteiger partial charge in [0.15, 0.2) is 0 Å². The van der Waals surface area contributed by atoms with E-state index < -0.39 is 0 Å². The summed E-state index contributed by atoms with van der Waals surface area (Å²) in [6, 6.07) is 4.56. The monoisotopic (exact) mass is 221 g/mol. The Hall–Kier alpha value is -1.13. The van der Waals surface area contributed by atoms with Crippen LogP contribution < -0.4 is 5.73 Å². The van der Waals surface area contributed by atoms with Crippen molar-refractivity contribution < 1.29 is 0 Å². The fraction of sp³-hybridized carbons (Fsp3) is 0.364. The molecule has 2 aromatic heterocycles.